The molecule has 1 aromatic heterocycles. The maximum Gasteiger partial charge on any atom is 0.338 e. The highest BCUT2D eigenvalue weighted by Gasteiger charge is 2.38. The molecule has 3 unspecified atom stereocenters. The van der Waals surface area contributed by atoms with Crippen LogP contribution in [0.25, 0.3) is 0 Å². The van der Waals surface area contributed by atoms with Gasteiger partial charge >= 0.3 is 11.7 Å². The third-order valence-electron chi connectivity index (χ3n) is 5.47. The Hall–Kier alpha value is -3.79. The molecule has 0 amide bonds. The highest BCUT2D eigenvalue weighted by atomic mass is 19.1. The first-order valence-corrected chi connectivity index (χ1v) is 10.5. The van der Waals surface area contributed by atoms with Crippen LogP contribution in [0.4, 0.5) is 8.78 Å². The van der Waals surface area contributed by atoms with Gasteiger partial charge in [-0.15, -0.1) is 0 Å². The summed E-state index contributed by atoms with van der Waals surface area (Å²) in [6, 6.07) is 14.8. The van der Waals surface area contributed by atoms with Crippen molar-refractivity contribution in [2.45, 2.75) is 31.5 Å². The van der Waals surface area contributed by atoms with Crippen molar-refractivity contribution in [2.75, 3.05) is 13.7 Å². The number of benzene rings is 2. The highest BCUT2D eigenvalue weighted by molar-refractivity contribution is 5.89. The number of esters is 1. The molecule has 34 heavy (non-hydrogen) atoms. The Bertz CT molecular complexity index is 1270. The summed E-state index contributed by atoms with van der Waals surface area (Å²) in [5.74, 6) is -1.24. The minimum Gasteiger partial charge on any atom is -0.497 e. The zero-order valence-electron chi connectivity index (χ0n) is 18.2. The number of hydrogen-bond donors (Lipinski definition) is 0. The smallest absolute Gasteiger partial charge is 0.338 e. The summed E-state index contributed by atoms with van der Waals surface area (Å²) < 4.78 is 46.4. The molecule has 1 fully saturated rings. The molecule has 3 aromatic rings. The minimum absolute atomic E-state index is 0.168. The van der Waals surface area contributed by atoms with Gasteiger partial charge in [-0.25, -0.2) is 14.0 Å². The molecular weight excluding hydrogens is 450 g/mol. The van der Waals surface area contributed by atoms with Gasteiger partial charge in [0.15, 0.2) is 6.23 Å². The molecule has 2 heterocycles. The first-order valence-electron chi connectivity index (χ1n) is 10.5. The number of nitrogens with zero attached hydrogens (tertiary/aromatic N) is 2. The number of aromatic nitrogens is 2. The Balaban J connectivity index is 1.51. The molecule has 0 spiro atoms. The van der Waals surface area contributed by atoms with E-state index in [1.165, 1.54) is 7.11 Å². The van der Waals surface area contributed by atoms with Crippen LogP contribution in [0, 0.1) is 5.82 Å². The van der Waals surface area contributed by atoms with Gasteiger partial charge in [0.25, 0.3) is 5.56 Å². The van der Waals surface area contributed by atoms with E-state index in [4.69, 9.17) is 14.2 Å². The lowest BCUT2D eigenvalue weighted by Gasteiger charge is -2.18. The van der Waals surface area contributed by atoms with Crippen LogP contribution in [0.5, 0.6) is 5.75 Å². The summed E-state index contributed by atoms with van der Waals surface area (Å²) in [7, 11) is 1.50. The van der Waals surface area contributed by atoms with Crippen LogP contribution >= 0.6 is 0 Å². The van der Waals surface area contributed by atoms with Crippen LogP contribution in [0.1, 0.15) is 28.6 Å². The van der Waals surface area contributed by atoms with E-state index in [1.54, 1.807) is 54.6 Å². The fourth-order valence-corrected chi connectivity index (χ4v) is 3.70. The van der Waals surface area contributed by atoms with Crippen LogP contribution in [0.3, 0.4) is 0 Å². The quantitative estimate of drug-likeness (QED) is 0.492. The Morgan fingerprint density at radius 1 is 1.12 bits per heavy atom. The summed E-state index contributed by atoms with van der Waals surface area (Å²) >= 11 is 0. The van der Waals surface area contributed by atoms with Crippen molar-refractivity contribution in [3.8, 4) is 5.75 Å². The van der Waals surface area contributed by atoms with Crippen LogP contribution in [-0.2, 0) is 16.0 Å². The van der Waals surface area contributed by atoms with Crippen molar-refractivity contribution in [2.24, 2.45) is 0 Å². The lowest BCUT2D eigenvalue weighted by Crippen LogP contribution is -2.43. The Morgan fingerprint density at radius 2 is 1.82 bits per heavy atom. The SMILES string of the molecule is COc1ccc(Cn2c(=O)c(F)cn(C3OC(COC(=O)c4ccccc4)CC3F)c2=O)cc1. The van der Waals surface area contributed by atoms with Crippen molar-refractivity contribution in [3.05, 3.63) is 98.6 Å². The fourth-order valence-electron chi connectivity index (χ4n) is 3.70. The highest BCUT2D eigenvalue weighted by Crippen LogP contribution is 2.30. The molecule has 1 aliphatic heterocycles. The van der Waals surface area contributed by atoms with Crippen molar-refractivity contribution in [1.29, 1.82) is 0 Å². The van der Waals surface area contributed by atoms with Crippen LogP contribution in [0.15, 0.2) is 70.4 Å². The molecule has 0 N–H and O–H groups in total. The number of carbonyl (C=O) groups excluding carboxylic acids is 1. The van der Waals surface area contributed by atoms with E-state index in [0.29, 0.717) is 27.6 Å². The zero-order valence-corrected chi connectivity index (χ0v) is 18.2. The average Bonchev–Trinajstić information content (AvgIpc) is 3.23. The molecule has 3 atom stereocenters. The van der Waals surface area contributed by atoms with Gasteiger partial charge in [-0.3, -0.25) is 13.9 Å². The largest absolute Gasteiger partial charge is 0.497 e. The molecule has 0 bridgehead atoms. The van der Waals surface area contributed by atoms with E-state index >= 15 is 0 Å². The predicted octanol–water partition coefficient (Wildman–Crippen LogP) is 2.69. The molecule has 0 aliphatic carbocycles. The van der Waals surface area contributed by atoms with Gasteiger partial charge < -0.3 is 14.2 Å². The molecule has 178 valence electrons. The molecule has 2 aromatic carbocycles. The predicted molar refractivity (Wildman–Crippen MR) is 117 cm³/mol. The van der Waals surface area contributed by atoms with Gasteiger partial charge in [-0.2, -0.15) is 4.39 Å². The second-order valence-electron chi connectivity index (χ2n) is 7.77. The maximum absolute atomic E-state index is 14.8. The van der Waals surface area contributed by atoms with E-state index in [9.17, 15) is 23.2 Å². The number of carbonyl (C=O) groups is 1. The standard InChI is InChI=1S/C24H22F2N2O6/c1-32-17-9-7-15(8-10-17)12-27-21(29)20(26)13-28(24(27)31)22-19(25)11-18(34-22)14-33-23(30)16-5-3-2-4-6-16/h2-10,13,18-19,22H,11-12,14H2,1H3. The van der Waals surface area contributed by atoms with Gasteiger partial charge in [-0.05, 0) is 29.8 Å². The van der Waals surface area contributed by atoms with E-state index in [1.807, 2.05) is 0 Å². The molecule has 1 saturated heterocycles. The second-order valence-corrected chi connectivity index (χ2v) is 7.77. The molecular formula is C24H22F2N2O6. The number of rotatable bonds is 7. The Labute approximate surface area is 192 Å². The monoisotopic (exact) mass is 472 g/mol. The zero-order chi connectivity index (χ0) is 24.2. The minimum atomic E-state index is -1.68. The van der Waals surface area contributed by atoms with E-state index in [0.717, 1.165) is 4.57 Å². The summed E-state index contributed by atoms with van der Waals surface area (Å²) in [5.41, 5.74) is -1.17. The summed E-state index contributed by atoms with van der Waals surface area (Å²) in [5, 5.41) is 0. The third-order valence-corrected chi connectivity index (χ3v) is 5.47. The topological polar surface area (TPSA) is 88.8 Å². The number of ether oxygens (including phenoxy) is 3. The molecule has 0 radical (unpaired) electrons. The van der Waals surface area contributed by atoms with E-state index in [2.05, 4.69) is 0 Å². The average molecular weight is 472 g/mol. The third kappa shape index (κ3) is 4.91. The molecule has 4 rings (SSSR count). The van der Waals surface area contributed by atoms with E-state index < -0.39 is 41.5 Å². The Kier molecular flexibility index (Phi) is 6.87. The Morgan fingerprint density at radius 3 is 2.50 bits per heavy atom. The molecule has 1 aliphatic rings. The lowest BCUT2D eigenvalue weighted by molar-refractivity contribution is -0.0466. The van der Waals surface area contributed by atoms with Gasteiger partial charge in [0.1, 0.15) is 18.5 Å². The van der Waals surface area contributed by atoms with Crippen molar-refractivity contribution in [3.63, 3.8) is 0 Å². The van der Waals surface area contributed by atoms with Gasteiger partial charge in [0, 0.05) is 6.42 Å². The number of hydrogen-bond acceptors (Lipinski definition) is 6. The summed E-state index contributed by atoms with van der Waals surface area (Å²) in [4.78, 5) is 37.4. The number of halogens is 2. The normalized spacial score (nSPS) is 19.7. The molecule has 0 saturated carbocycles. The second kappa shape index (κ2) is 10.0. The fraction of sp³-hybridized carbons (Fsp3) is 0.292. The number of alkyl halides is 1. The maximum atomic E-state index is 14.8. The molecule has 8 nitrogen and oxygen atoms in total. The molecule has 10 heteroatoms. The summed E-state index contributed by atoms with van der Waals surface area (Å²) in [6.45, 7) is -0.464. The van der Waals surface area contributed by atoms with Crippen molar-refractivity contribution < 1.29 is 27.8 Å². The lowest BCUT2D eigenvalue weighted by atomic mass is 10.2. The first-order chi connectivity index (χ1) is 16.4. The van der Waals surface area contributed by atoms with Gasteiger partial charge in [-0.1, -0.05) is 30.3 Å². The number of methoxy groups -OCH3 is 1. The van der Waals surface area contributed by atoms with Gasteiger partial charge in [0.05, 0.1) is 31.5 Å². The van der Waals surface area contributed by atoms with Crippen LogP contribution in [0.2, 0.25) is 0 Å². The first kappa shape index (κ1) is 23.4. The summed E-state index contributed by atoms with van der Waals surface area (Å²) in [6.07, 6.45) is -3.51. The van der Waals surface area contributed by atoms with Crippen LogP contribution < -0.4 is 16.0 Å². The van der Waals surface area contributed by atoms with E-state index in [-0.39, 0.29) is 19.6 Å². The van der Waals surface area contributed by atoms with Crippen LogP contribution in [-0.4, -0.2) is 41.1 Å². The van der Waals surface area contributed by atoms with Crippen molar-refractivity contribution in [1.82, 2.24) is 9.13 Å². The van der Waals surface area contributed by atoms with Gasteiger partial charge in [0.2, 0.25) is 5.82 Å². The van der Waals surface area contributed by atoms with Crippen molar-refractivity contribution >= 4 is 5.97 Å².